The molecule has 3 N–H and O–H groups in total. The van der Waals surface area contributed by atoms with E-state index in [1.54, 1.807) is 0 Å². The van der Waals surface area contributed by atoms with Crippen LogP contribution in [0.2, 0.25) is 5.02 Å². The monoisotopic (exact) mass is 346 g/mol. The third kappa shape index (κ3) is 3.82. The molecule has 1 fully saturated rings. The molecule has 0 bridgehead atoms. The van der Waals surface area contributed by atoms with Gasteiger partial charge in [-0.3, -0.25) is 0 Å². The molecule has 1 saturated carbocycles. The molecule has 3 rings (SSSR count). The van der Waals surface area contributed by atoms with Crippen LogP contribution in [0.4, 0.5) is 4.79 Å². The van der Waals surface area contributed by atoms with Gasteiger partial charge in [0.05, 0.1) is 12.1 Å². The molecule has 0 saturated heterocycles. The van der Waals surface area contributed by atoms with Crippen LogP contribution in [0, 0.1) is 5.92 Å². The van der Waals surface area contributed by atoms with Gasteiger partial charge in [-0.1, -0.05) is 41.9 Å². The Morgan fingerprint density at radius 1 is 1.25 bits per heavy atom. The van der Waals surface area contributed by atoms with Crippen LogP contribution >= 0.6 is 11.6 Å². The number of hydrogen-bond donors (Lipinski definition) is 3. The van der Waals surface area contributed by atoms with Crippen LogP contribution in [-0.4, -0.2) is 23.8 Å². The maximum Gasteiger partial charge on any atom is 0.315 e. The fourth-order valence-electron chi connectivity index (χ4n) is 3.46. The van der Waals surface area contributed by atoms with E-state index in [9.17, 15) is 9.90 Å². The predicted octanol–water partition coefficient (Wildman–Crippen LogP) is 4.01. The van der Waals surface area contributed by atoms with Crippen molar-refractivity contribution in [3.05, 3.63) is 47.0 Å². The zero-order chi connectivity index (χ0) is 17.1. The Kier molecular flexibility index (Phi) is 5.27. The van der Waals surface area contributed by atoms with Crippen molar-refractivity contribution in [3.8, 4) is 0 Å². The van der Waals surface area contributed by atoms with Crippen molar-refractivity contribution < 1.29 is 9.90 Å². The maximum absolute atomic E-state index is 12.2. The zero-order valence-corrected chi connectivity index (χ0v) is 14.5. The predicted molar refractivity (Wildman–Crippen MR) is 97.3 cm³/mol. The average molecular weight is 347 g/mol. The number of fused-ring (bicyclic) bond motifs is 1. The molecular weight excluding hydrogens is 324 g/mol. The van der Waals surface area contributed by atoms with E-state index in [0.29, 0.717) is 17.5 Å². The third-order valence-electron chi connectivity index (χ3n) is 4.78. The van der Waals surface area contributed by atoms with Gasteiger partial charge in [0.25, 0.3) is 0 Å². The topological polar surface area (TPSA) is 61.4 Å². The lowest BCUT2D eigenvalue weighted by molar-refractivity contribution is 0.177. The molecular formula is C19H23ClN2O2. The largest absolute Gasteiger partial charge is 0.393 e. The number of aliphatic hydroxyl groups is 1. The van der Waals surface area contributed by atoms with E-state index in [1.165, 1.54) is 0 Å². The molecule has 4 nitrogen and oxygen atoms in total. The van der Waals surface area contributed by atoms with Crippen LogP contribution in [-0.2, 0) is 0 Å². The Labute approximate surface area is 147 Å². The van der Waals surface area contributed by atoms with Crippen molar-refractivity contribution in [1.29, 1.82) is 0 Å². The van der Waals surface area contributed by atoms with Gasteiger partial charge in [0.15, 0.2) is 0 Å². The number of nitrogens with one attached hydrogen (secondary N) is 2. The lowest BCUT2D eigenvalue weighted by Gasteiger charge is -2.18. The highest BCUT2D eigenvalue weighted by Gasteiger charge is 2.23. The first-order valence-corrected chi connectivity index (χ1v) is 8.82. The number of halogens is 1. The van der Waals surface area contributed by atoms with Crippen molar-refractivity contribution in [2.24, 2.45) is 5.92 Å². The Balaban J connectivity index is 1.63. The van der Waals surface area contributed by atoms with Crippen molar-refractivity contribution in [1.82, 2.24) is 10.6 Å². The van der Waals surface area contributed by atoms with Gasteiger partial charge in [-0.2, -0.15) is 0 Å². The molecule has 0 aromatic heterocycles. The van der Waals surface area contributed by atoms with Crippen molar-refractivity contribution >= 4 is 28.4 Å². The summed E-state index contributed by atoms with van der Waals surface area (Å²) in [5, 5.41) is 18.2. The van der Waals surface area contributed by atoms with E-state index in [4.69, 9.17) is 11.6 Å². The number of amides is 2. The average Bonchev–Trinajstić information content (AvgIpc) is 2.99. The Morgan fingerprint density at radius 2 is 2.00 bits per heavy atom. The van der Waals surface area contributed by atoms with E-state index in [0.717, 1.165) is 35.6 Å². The smallest absolute Gasteiger partial charge is 0.315 e. The van der Waals surface area contributed by atoms with E-state index in [-0.39, 0.29) is 18.2 Å². The number of rotatable bonds is 4. The van der Waals surface area contributed by atoms with Gasteiger partial charge in [0.2, 0.25) is 0 Å². The lowest BCUT2D eigenvalue weighted by atomic mass is 10.00. The molecule has 0 radical (unpaired) electrons. The van der Waals surface area contributed by atoms with Crippen LogP contribution in [0.3, 0.4) is 0 Å². The van der Waals surface area contributed by atoms with Crippen LogP contribution in [0.1, 0.15) is 37.8 Å². The van der Waals surface area contributed by atoms with Gasteiger partial charge in [-0.25, -0.2) is 4.79 Å². The molecule has 3 atom stereocenters. The highest BCUT2D eigenvalue weighted by molar-refractivity contribution is 6.35. The summed E-state index contributed by atoms with van der Waals surface area (Å²) in [5.74, 6) is 0.373. The molecule has 2 amide bonds. The molecule has 0 heterocycles. The van der Waals surface area contributed by atoms with Crippen molar-refractivity contribution in [2.75, 3.05) is 6.54 Å². The second-order valence-corrected chi connectivity index (χ2v) is 7.00. The Hall–Kier alpha value is -1.78. The van der Waals surface area contributed by atoms with Gasteiger partial charge in [-0.05, 0) is 49.1 Å². The summed E-state index contributed by atoms with van der Waals surface area (Å²) in [6.45, 7) is 2.57. The van der Waals surface area contributed by atoms with E-state index in [2.05, 4.69) is 10.6 Å². The standard InChI is InChI=1S/C19H23ClN2O2/c1-12(22-19(24)21-11-13-6-7-14(23)10-13)15-8-9-18(20)17-5-3-2-4-16(15)17/h2-5,8-9,12-14,23H,6-7,10-11H2,1H3,(H2,21,22,24). The van der Waals surface area contributed by atoms with Gasteiger partial charge in [-0.15, -0.1) is 0 Å². The second-order valence-electron chi connectivity index (χ2n) is 6.59. The van der Waals surface area contributed by atoms with Gasteiger partial charge < -0.3 is 15.7 Å². The first-order chi connectivity index (χ1) is 11.5. The van der Waals surface area contributed by atoms with Crippen LogP contribution in [0.15, 0.2) is 36.4 Å². The summed E-state index contributed by atoms with van der Waals surface area (Å²) in [6.07, 6.45) is 2.37. The molecule has 128 valence electrons. The number of carbonyl (C=O) groups excluding carboxylic acids is 1. The SMILES string of the molecule is CC(NC(=O)NCC1CCC(O)C1)c1ccc(Cl)c2ccccc12. The molecule has 0 aliphatic heterocycles. The summed E-state index contributed by atoms with van der Waals surface area (Å²) in [7, 11) is 0. The Bertz CT molecular complexity index is 734. The van der Waals surface area contributed by atoms with Crippen LogP contribution in [0.5, 0.6) is 0 Å². The summed E-state index contributed by atoms with van der Waals surface area (Å²) in [5.41, 5.74) is 1.04. The van der Waals surface area contributed by atoms with Crippen LogP contribution < -0.4 is 10.6 Å². The summed E-state index contributed by atoms with van der Waals surface area (Å²) in [6, 6.07) is 11.5. The molecule has 24 heavy (non-hydrogen) atoms. The quantitative estimate of drug-likeness (QED) is 0.783. The summed E-state index contributed by atoms with van der Waals surface area (Å²) >= 11 is 6.25. The highest BCUT2D eigenvalue weighted by Crippen LogP contribution is 2.30. The van der Waals surface area contributed by atoms with E-state index >= 15 is 0 Å². The third-order valence-corrected chi connectivity index (χ3v) is 5.11. The fraction of sp³-hybridized carbons (Fsp3) is 0.421. The normalized spacial score (nSPS) is 21.6. The molecule has 3 unspecified atom stereocenters. The number of hydrogen-bond acceptors (Lipinski definition) is 2. The molecule has 1 aliphatic rings. The van der Waals surface area contributed by atoms with Gasteiger partial charge in [0, 0.05) is 17.0 Å². The first kappa shape index (κ1) is 17.1. The first-order valence-electron chi connectivity index (χ1n) is 8.44. The van der Waals surface area contributed by atoms with Crippen molar-refractivity contribution in [2.45, 2.75) is 38.3 Å². The Morgan fingerprint density at radius 3 is 2.71 bits per heavy atom. The van der Waals surface area contributed by atoms with Crippen molar-refractivity contribution in [3.63, 3.8) is 0 Å². The second kappa shape index (κ2) is 7.41. The minimum Gasteiger partial charge on any atom is -0.393 e. The lowest BCUT2D eigenvalue weighted by Crippen LogP contribution is -2.39. The number of aliphatic hydroxyl groups excluding tert-OH is 1. The summed E-state index contributed by atoms with van der Waals surface area (Å²) in [4.78, 5) is 12.2. The zero-order valence-electron chi connectivity index (χ0n) is 13.8. The molecule has 2 aromatic rings. The summed E-state index contributed by atoms with van der Waals surface area (Å²) < 4.78 is 0. The number of benzene rings is 2. The molecule has 5 heteroatoms. The minimum atomic E-state index is -0.209. The molecule has 1 aliphatic carbocycles. The number of urea groups is 1. The molecule has 0 spiro atoms. The van der Waals surface area contributed by atoms with E-state index in [1.807, 2.05) is 43.3 Å². The van der Waals surface area contributed by atoms with Gasteiger partial charge in [0.1, 0.15) is 0 Å². The van der Waals surface area contributed by atoms with E-state index < -0.39 is 0 Å². The fourth-order valence-corrected chi connectivity index (χ4v) is 3.69. The minimum absolute atomic E-state index is 0.124. The maximum atomic E-state index is 12.2. The van der Waals surface area contributed by atoms with Gasteiger partial charge >= 0.3 is 6.03 Å². The van der Waals surface area contributed by atoms with Crippen LogP contribution in [0.25, 0.3) is 10.8 Å². The number of carbonyl (C=O) groups is 1. The highest BCUT2D eigenvalue weighted by atomic mass is 35.5. The molecule has 2 aromatic carbocycles.